The number of methoxy groups -OCH3 is 1. The first-order valence-corrected chi connectivity index (χ1v) is 8.32. The Hall–Kier alpha value is -2.39. The van der Waals surface area contributed by atoms with Crippen LogP contribution < -0.4 is 14.8 Å². The number of nitrogens with zero attached hydrogens (tertiary/aromatic N) is 2. The number of hydrogen-bond acceptors (Lipinski definition) is 5. The molecule has 1 amide bonds. The minimum atomic E-state index is -3.65. The molecule has 0 bridgehead atoms. The second kappa shape index (κ2) is 7.25. The summed E-state index contributed by atoms with van der Waals surface area (Å²) in [7, 11) is -0.418. The molecule has 23 heavy (non-hydrogen) atoms. The van der Waals surface area contributed by atoms with Crippen LogP contribution in [-0.2, 0) is 21.9 Å². The van der Waals surface area contributed by atoms with Crippen molar-refractivity contribution in [2.75, 3.05) is 19.0 Å². The molecule has 0 radical (unpaired) electrons. The first-order chi connectivity index (χ1) is 10.9. The zero-order valence-corrected chi connectivity index (χ0v) is 13.6. The van der Waals surface area contributed by atoms with E-state index in [4.69, 9.17) is 4.74 Å². The van der Waals surface area contributed by atoms with Crippen LogP contribution in [0.25, 0.3) is 0 Å². The van der Waals surface area contributed by atoms with Gasteiger partial charge in [0.05, 0.1) is 12.0 Å². The number of amides is 1. The number of benzene rings is 1. The van der Waals surface area contributed by atoms with E-state index in [2.05, 4.69) is 15.1 Å². The Morgan fingerprint density at radius 2 is 1.96 bits per heavy atom. The first kappa shape index (κ1) is 17.0. The van der Waals surface area contributed by atoms with Gasteiger partial charge in [0, 0.05) is 32.3 Å². The zero-order valence-electron chi connectivity index (χ0n) is 12.8. The monoisotopic (exact) mass is 338 g/mol. The van der Waals surface area contributed by atoms with Gasteiger partial charge < -0.3 is 10.1 Å². The van der Waals surface area contributed by atoms with Gasteiger partial charge in [0.15, 0.2) is 5.82 Å². The van der Waals surface area contributed by atoms with Gasteiger partial charge in [-0.1, -0.05) is 0 Å². The topological polar surface area (TPSA) is 102 Å². The summed E-state index contributed by atoms with van der Waals surface area (Å²) in [6.07, 6.45) is 1.70. The fourth-order valence-corrected chi connectivity index (χ4v) is 2.86. The molecule has 9 heteroatoms. The molecule has 0 spiro atoms. The number of anilines is 1. The van der Waals surface area contributed by atoms with Crippen molar-refractivity contribution in [3.05, 3.63) is 36.5 Å². The van der Waals surface area contributed by atoms with Crippen LogP contribution in [0, 0.1) is 0 Å². The Morgan fingerprint density at radius 3 is 2.52 bits per heavy atom. The molecule has 124 valence electrons. The Labute approximate surface area is 134 Å². The van der Waals surface area contributed by atoms with Crippen LogP contribution in [0.2, 0.25) is 0 Å². The number of ether oxygens (including phenoxy) is 1. The Bertz CT molecular complexity index is 768. The highest BCUT2D eigenvalue weighted by molar-refractivity contribution is 7.89. The maximum Gasteiger partial charge on any atom is 0.240 e. The van der Waals surface area contributed by atoms with E-state index in [9.17, 15) is 13.2 Å². The lowest BCUT2D eigenvalue weighted by molar-refractivity contribution is -0.116. The third-order valence-corrected chi connectivity index (χ3v) is 4.47. The van der Waals surface area contributed by atoms with Gasteiger partial charge >= 0.3 is 0 Å². The van der Waals surface area contributed by atoms with Crippen molar-refractivity contribution in [2.45, 2.75) is 11.3 Å². The van der Waals surface area contributed by atoms with E-state index in [1.54, 1.807) is 36.1 Å². The molecular weight excluding hydrogens is 320 g/mol. The highest BCUT2D eigenvalue weighted by Gasteiger charge is 2.14. The molecule has 2 rings (SSSR count). The molecule has 0 saturated heterocycles. The second-order valence-corrected chi connectivity index (χ2v) is 6.51. The van der Waals surface area contributed by atoms with Crippen molar-refractivity contribution < 1.29 is 17.9 Å². The molecule has 2 aromatic rings. The Morgan fingerprint density at radius 1 is 1.26 bits per heavy atom. The van der Waals surface area contributed by atoms with E-state index >= 15 is 0 Å². The van der Waals surface area contributed by atoms with Gasteiger partial charge in [0.25, 0.3) is 0 Å². The number of aryl methyl sites for hydroxylation is 1. The summed E-state index contributed by atoms with van der Waals surface area (Å²) in [5.41, 5.74) is 0. The van der Waals surface area contributed by atoms with Crippen LogP contribution in [-0.4, -0.2) is 37.8 Å². The van der Waals surface area contributed by atoms with Gasteiger partial charge in [-0.05, 0) is 24.3 Å². The number of carbonyl (C=O) groups excluding carboxylic acids is 1. The highest BCUT2D eigenvalue weighted by atomic mass is 32.2. The minimum absolute atomic E-state index is 0.00591. The molecule has 0 aliphatic rings. The van der Waals surface area contributed by atoms with Crippen LogP contribution in [0.4, 0.5) is 5.82 Å². The average molecular weight is 338 g/mol. The molecule has 1 aromatic heterocycles. The minimum Gasteiger partial charge on any atom is -0.497 e. The largest absolute Gasteiger partial charge is 0.497 e. The van der Waals surface area contributed by atoms with Gasteiger partial charge in [-0.15, -0.1) is 0 Å². The van der Waals surface area contributed by atoms with Crippen LogP contribution in [0.1, 0.15) is 6.42 Å². The molecule has 0 fully saturated rings. The molecule has 0 atom stereocenters. The fourth-order valence-electron chi connectivity index (χ4n) is 1.82. The van der Waals surface area contributed by atoms with Crippen LogP contribution in [0.15, 0.2) is 41.4 Å². The van der Waals surface area contributed by atoms with Gasteiger partial charge in [-0.3, -0.25) is 9.48 Å². The number of nitrogens with one attached hydrogen (secondary N) is 2. The Kier molecular flexibility index (Phi) is 5.35. The fraction of sp³-hybridized carbons (Fsp3) is 0.286. The van der Waals surface area contributed by atoms with E-state index < -0.39 is 10.0 Å². The van der Waals surface area contributed by atoms with Gasteiger partial charge in [-0.25, -0.2) is 13.1 Å². The standard InChI is InChI=1S/C14H18N4O4S/c1-18-10-8-13(17-18)16-14(19)7-9-15-23(20,21)12-5-3-11(22-2)4-6-12/h3-6,8,10,15H,7,9H2,1-2H3,(H,16,17,19). The van der Waals surface area contributed by atoms with Crippen molar-refractivity contribution >= 4 is 21.7 Å². The lowest BCUT2D eigenvalue weighted by Crippen LogP contribution is -2.27. The molecule has 8 nitrogen and oxygen atoms in total. The maximum atomic E-state index is 12.1. The van der Waals surface area contributed by atoms with E-state index in [0.29, 0.717) is 11.6 Å². The van der Waals surface area contributed by atoms with E-state index in [0.717, 1.165) is 0 Å². The van der Waals surface area contributed by atoms with Crippen molar-refractivity contribution in [1.82, 2.24) is 14.5 Å². The predicted octanol–water partition coefficient (Wildman–Crippen LogP) is 0.736. The van der Waals surface area contributed by atoms with Gasteiger partial charge in [-0.2, -0.15) is 5.10 Å². The number of rotatable bonds is 7. The summed E-state index contributed by atoms with van der Waals surface area (Å²) in [4.78, 5) is 11.8. The molecule has 0 unspecified atom stereocenters. The van der Waals surface area contributed by atoms with Crippen molar-refractivity contribution in [2.24, 2.45) is 7.05 Å². The third-order valence-electron chi connectivity index (χ3n) is 2.99. The van der Waals surface area contributed by atoms with E-state index in [1.165, 1.54) is 19.2 Å². The van der Waals surface area contributed by atoms with Gasteiger partial charge in [0.2, 0.25) is 15.9 Å². The summed E-state index contributed by atoms with van der Waals surface area (Å²) >= 11 is 0. The summed E-state index contributed by atoms with van der Waals surface area (Å²) in [6, 6.07) is 7.65. The second-order valence-electron chi connectivity index (χ2n) is 4.75. The van der Waals surface area contributed by atoms with E-state index in [1.807, 2.05) is 0 Å². The van der Waals surface area contributed by atoms with Crippen molar-refractivity contribution in [3.8, 4) is 5.75 Å². The van der Waals surface area contributed by atoms with Crippen LogP contribution in [0.3, 0.4) is 0 Å². The Balaban J connectivity index is 1.85. The van der Waals surface area contributed by atoms with Gasteiger partial charge in [0.1, 0.15) is 5.75 Å². The average Bonchev–Trinajstić information content (AvgIpc) is 2.92. The summed E-state index contributed by atoms with van der Waals surface area (Å²) in [6.45, 7) is -0.00692. The molecule has 0 aliphatic carbocycles. The van der Waals surface area contributed by atoms with Crippen molar-refractivity contribution in [3.63, 3.8) is 0 Å². The van der Waals surface area contributed by atoms with Crippen LogP contribution >= 0.6 is 0 Å². The quantitative estimate of drug-likeness (QED) is 0.775. The highest BCUT2D eigenvalue weighted by Crippen LogP contribution is 2.15. The molecule has 0 saturated carbocycles. The lowest BCUT2D eigenvalue weighted by Gasteiger charge is -2.07. The molecular formula is C14H18N4O4S. The number of hydrogen-bond donors (Lipinski definition) is 2. The summed E-state index contributed by atoms with van der Waals surface area (Å²) in [5, 5.41) is 6.59. The smallest absolute Gasteiger partial charge is 0.240 e. The first-order valence-electron chi connectivity index (χ1n) is 6.84. The SMILES string of the molecule is COc1ccc(S(=O)(=O)NCCC(=O)Nc2ccn(C)n2)cc1. The number of sulfonamides is 1. The number of carbonyl (C=O) groups is 1. The lowest BCUT2D eigenvalue weighted by atomic mass is 10.3. The summed E-state index contributed by atoms with van der Waals surface area (Å²) in [5.74, 6) is 0.676. The molecule has 1 aromatic carbocycles. The van der Waals surface area contributed by atoms with E-state index in [-0.39, 0.29) is 23.8 Å². The predicted molar refractivity (Wildman–Crippen MR) is 84.6 cm³/mol. The van der Waals surface area contributed by atoms with Crippen LogP contribution in [0.5, 0.6) is 5.75 Å². The molecule has 2 N–H and O–H groups in total. The molecule has 1 heterocycles. The van der Waals surface area contributed by atoms with Crippen molar-refractivity contribution in [1.29, 1.82) is 0 Å². The normalized spacial score (nSPS) is 11.2. The maximum absolute atomic E-state index is 12.1. The third kappa shape index (κ3) is 4.80. The summed E-state index contributed by atoms with van der Waals surface area (Å²) < 4.78 is 33.1. The zero-order chi connectivity index (χ0) is 16.9. The number of aromatic nitrogens is 2. The molecule has 0 aliphatic heterocycles.